The molecule has 152 valence electrons. The molecular formula is C22H38N4O. The van der Waals surface area contributed by atoms with Crippen molar-refractivity contribution >= 4 is 5.96 Å². The van der Waals surface area contributed by atoms with Gasteiger partial charge in [0.25, 0.3) is 0 Å². The maximum absolute atomic E-state index is 5.40. The molecule has 0 spiro atoms. The Bertz CT molecular complexity index is 538. The predicted octanol–water partition coefficient (Wildman–Crippen LogP) is 3.50. The van der Waals surface area contributed by atoms with Gasteiger partial charge in [0.2, 0.25) is 0 Å². The van der Waals surface area contributed by atoms with Crippen molar-refractivity contribution in [1.29, 1.82) is 0 Å². The smallest absolute Gasteiger partial charge is 0.191 e. The number of hydrogen-bond donors (Lipinski definition) is 2. The fraction of sp³-hybridized carbons (Fsp3) is 0.682. The van der Waals surface area contributed by atoms with Gasteiger partial charge in [0.1, 0.15) is 0 Å². The van der Waals surface area contributed by atoms with Crippen LogP contribution in [0.1, 0.15) is 56.7 Å². The van der Waals surface area contributed by atoms with Gasteiger partial charge in [0.05, 0.1) is 12.6 Å². The summed E-state index contributed by atoms with van der Waals surface area (Å²) in [6, 6.07) is 9.32. The second-order valence-electron chi connectivity index (χ2n) is 7.22. The van der Waals surface area contributed by atoms with Crippen LogP contribution in [0.4, 0.5) is 0 Å². The molecule has 27 heavy (non-hydrogen) atoms. The number of likely N-dealkylation sites (tertiary alicyclic amines) is 1. The summed E-state index contributed by atoms with van der Waals surface area (Å²) in [5.74, 6) is 0.921. The third kappa shape index (κ3) is 7.89. The van der Waals surface area contributed by atoms with Gasteiger partial charge in [-0.15, -0.1) is 0 Å². The van der Waals surface area contributed by atoms with Gasteiger partial charge in [-0.3, -0.25) is 9.89 Å². The maximum atomic E-state index is 5.40. The van der Waals surface area contributed by atoms with Crippen molar-refractivity contribution in [2.75, 3.05) is 45.9 Å². The highest BCUT2D eigenvalue weighted by atomic mass is 16.5. The van der Waals surface area contributed by atoms with Gasteiger partial charge in [-0.1, -0.05) is 29.8 Å². The number of nitrogens with zero attached hydrogens (tertiary/aromatic N) is 2. The molecule has 1 saturated heterocycles. The van der Waals surface area contributed by atoms with Crippen molar-refractivity contribution in [2.45, 2.75) is 52.5 Å². The van der Waals surface area contributed by atoms with Crippen molar-refractivity contribution in [3.8, 4) is 0 Å². The first kappa shape index (κ1) is 21.7. The number of ether oxygens (including phenoxy) is 1. The fourth-order valence-corrected chi connectivity index (χ4v) is 3.47. The lowest BCUT2D eigenvalue weighted by Crippen LogP contribution is -2.39. The molecule has 0 aromatic heterocycles. The molecular weight excluding hydrogens is 336 g/mol. The number of rotatable bonds is 11. The molecule has 0 bridgehead atoms. The first-order valence-corrected chi connectivity index (χ1v) is 10.6. The van der Waals surface area contributed by atoms with E-state index >= 15 is 0 Å². The molecule has 1 atom stereocenters. The minimum absolute atomic E-state index is 0.363. The zero-order chi connectivity index (χ0) is 19.3. The normalized spacial score (nSPS) is 16.5. The van der Waals surface area contributed by atoms with E-state index in [0.29, 0.717) is 6.04 Å². The highest BCUT2D eigenvalue weighted by Gasteiger charge is 2.23. The molecule has 1 unspecified atom stereocenters. The number of guanidine groups is 1. The number of aryl methyl sites for hydroxylation is 1. The van der Waals surface area contributed by atoms with Crippen LogP contribution in [0.2, 0.25) is 0 Å². The van der Waals surface area contributed by atoms with Gasteiger partial charge in [-0.05, 0) is 65.1 Å². The van der Waals surface area contributed by atoms with E-state index in [2.05, 4.69) is 53.6 Å². The van der Waals surface area contributed by atoms with Crippen molar-refractivity contribution < 1.29 is 4.74 Å². The Hall–Kier alpha value is -1.59. The van der Waals surface area contributed by atoms with Crippen molar-refractivity contribution in [2.24, 2.45) is 4.99 Å². The number of nitrogens with one attached hydrogen (secondary N) is 2. The monoisotopic (exact) mass is 374 g/mol. The Kier molecular flexibility index (Phi) is 10.2. The van der Waals surface area contributed by atoms with Gasteiger partial charge < -0.3 is 15.4 Å². The van der Waals surface area contributed by atoms with Crippen LogP contribution in [0, 0.1) is 6.92 Å². The summed E-state index contributed by atoms with van der Waals surface area (Å²) in [6.07, 6.45) is 4.77. The third-order valence-corrected chi connectivity index (χ3v) is 5.02. The van der Waals surface area contributed by atoms with E-state index < -0.39 is 0 Å². The summed E-state index contributed by atoms with van der Waals surface area (Å²) >= 11 is 0. The molecule has 5 nitrogen and oxygen atoms in total. The summed E-state index contributed by atoms with van der Waals surface area (Å²) in [5.41, 5.74) is 2.68. The van der Waals surface area contributed by atoms with Crippen LogP contribution in [0.15, 0.2) is 29.3 Å². The zero-order valence-electron chi connectivity index (χ0n) is 17.5. The Labute approximate surface area is 165 Å². The van der Waals surface area contributed by atoms with Crippen LogP contribution >= 0.6 is 0 Å². The van der Waals surface area contributed by atoms with E-state index in [9.17, 15) is 0 Å². The number of hydrogen-bond acceptors (Lipinski definition) is 3. The molecule has 1 heterocycles. The molecule has 1 aliphatic heterocycles. The average molecular weight is 375 g/mol. The zero-order valence-corrected chi connectivity index (χ0v) is 17.5. The van der Waals surface area contributed by atoms with E-state index in [-0.39, 0.29) is 0 Å². The molecule has 2 rings (SSSR count). The SMILES string of the molecule is CCNC(=NCC(c1ccc(C)cc1)N1CCCC1)NCCCCOCC. The van der Waals surface area contributed by atoms with Crippen molar-refractivity contribution in [3.05, 3.63) is 35.4 Å². The Morgan fingerprint density at radius 1 is 1.11 bits per heavy atom. The molecule has 1 aromatic rings. The van der Waals surface area contributed by atoms with E-state index in [1.165, 1.54) is 37.1 Å². The second kappa shape index (κ2) is 12.7. The molecule has 0 aliphatic carbocycles. The summed E-state index contributed by atoms with van der Waals surface area (Å²) in [4.78, 5) is 7.50. The topological polar surface area (TPSA) is 48.9 Å². The van der Waals surface area contributed by atoms with Gasteiger partial charge in [0.15, 0.2) is 5.96 Å². The summed E-state index contributed by atoms with van der Waals surface area (Å²) in [6.45, 7) is 12.9. The standard InChI is InChI=1S/C22H38N4O/c1-4-23-22(24-14-6-9-17-27-5-2)25-18-21(26-15-7-8-16-26)20-12-10-19(3)11-13-20/h10-13,21H,4-9,14-18H2,1-3H3,(H2,23,24,25). The van der Waals surface area contributed by atoms with Gasteiger partial charge in [0, 0.05) is 26.3 Å². The van der Waals surface area contributed by atoms with Gasteiger partial charge in [-0.2, -0.15) is 0 Å². The van der Waals surface area contributed by atoms with Crippen LogP contribution in [-0.2, 0) is 4.74 Å². The Morgan fingerprint density at radius 3 is 2.52 bits per heavy atom. The lowest BCUT2D eigenvalue weighted by atomic mass is 10.0. The molecule has 1 aromatic carbocycles. The number of aliphatic imine (C=N–C) groups is 1. The van der Waals surface area contributed by atoms with Crippen LogP contribution < -0.4 is 10.6 Å². The molecule has 5 heteroatoms. The minimum atomic E-state index is 0.363. The first-order valence-electron chi connectivity index (χ1n) is 10.6. The largest absolute Gasteiger partial charge is 0.382 e. The number of unbranched alkanes of at least 4 members (excludes halogenated alkanes) is 1. The van der Waals surface area contributed by atoms with Crippen LogP contribution in [0.25, 0.3) is 0 Å². The van der Waals surface area contributed by atoms with E-state index in [4.69, 9.17) is 9.73 Å². The third-order valence-electron chi connectivity index (χ3n) is 5.02. The van der Waals surface area contributed by atoms with Gasteiger partial charge in [-0.25, -0.2) is 0 Å². The molecule has 0 radical (unpaired) electrons. The molecule has 0 saturated carbocycles. The number of benzene rings is 1. The highest BCUT2D eigenvalue weighted by molar-refractivity contribution is 5.79. The van der Waals surface area contributed by atoms with E-state index in [0.717, 1.165) is 51.6 Å². The van der Waals surface area contributed by atoms with E-state index in [1.807, 2.05) is 6.92 Å². The lowest BCUT2D eigenvalue weighted by Gasteiger charge is -2.27. The minimum Gasteiger partial charge on any atom is -0.382 e. The van der Waals surface area contributed by atoms with Crippen molar-refractivity contribution in [3.63, 3.8) is 0 Å². The molecule has 1 aliphatic rings. The van der Waals surface area contributed by atoms with Crippen LogP contribution in [0.3, 0.4) is 0 Å². The molecule has 2 N–H and O–H groups in total. The first-order chi connectivity index (χ1) is 13.2. The average Bonchev–Trinajstić information content (AvgIpc) is 3.20. The fourth-order valence-electron chi connectivity index (χ4n) is 3.47. The summed E-state index contributed by atoms with van der Waals surface area (Å²) < 4.78 is 5.40. The Morgan fingerprint density at radius 2 is 1.85 bits per heavy atom. The Balaban J connectivity index is 1.94. The van der Waals surface area contributed by atoms with Crippen LogP contribution in [0.5, 0.6) is 0 Å². The molecule has 0 amide bonds. The van der Waals surface area contributed by atoms with Gasteiger partial charge >= 0.3 is 0 Å². The molecule has 1 fully saturated rings. The summed E-state index contributed by atoms with van der Waals surface area (Å²) in [5, 5.41) is 6.85. The van der Waals surface area contributed by atoms with Crippen LogP contribution in [-0.4, -0.2) is 56.8 Å². The lowest BCUT2D eigenvalue weighted by molar-refractivity contribution is 0.143. The predicted molar refractivity (Wildman–Crippen MR) is 114 cm³/mol. The summed E-state index contributed by atoms with van der Waals surface area (Å²) in [7, 11) is 0. The van der Waals surface area contributed by atoms with E-state index in [1.54, 1.807) is 0 Å². The highest BCUT2D eigenvalue weighted by Crippen LogP contribution is 2.25. The van der Waals surface area contributed by atoms with Crippen molar-refractivity contribution in [1.82, 2.24) is 15.5 Å². The second-order valence-corrected chi connectivity index (χ2v) is 7.22. The maximum Gasteiger partial charge on any atom is 0.191 e. The quantitative estimate of drug-likeness (QED) is 0.354.